The smallest absolute Gasteiger partial charge is 0.371 e. The Kier molecular flexibility index (Phi) is 7.58. The third kappa shape index (κ3) is 6.16. The fraction of sp³-hybridized carbons (Fsp3) is 0.120. The summed E-state index contributed by atoms with van der Waals surface area (Å²) in [7, 11) is 1.43. The van der Waals surface area contributed by atoms with Gasteiger partial charge in [-0.25, -0.2) is 14.5 Å². The summed E-state index contributed by atoms with van der Waals surface area (Å²) in [6, 6.07) is 13.8. The summed E-state index contributed by atoms with van der Waals surface area (Å²) < 4.78 is 17.0. The molecule has 0 atom stereocenters. The van der Waals surface area contributed by atoms with Crippen LogP contribution < -0.4 is 20.1 Å². The normalized spacial score (nSPS) is 14.0. The number of urea groups is 1. The van der Waals surface area contributed by atoms with Gasteiger partial charge in [-0.2, -0.15) is 0 Å². The lowest BCUT2D eigenvalue weighted by molar-refractivity contribution is -0.127. The van der Waals surface area contributed by atoms with E-state index in [0.717, 1.165) is 9.37 Å². The van der Waals surface area contributed by atoms with Gasteiger partial charge < -0.3 is 29.6 Å². The molecule has 12 heteroatoms. The second-order valence-corrected chi connectivity index (χ2v) is 8.62. The van der Waals surface area contributed by atoms with Gasteiger partial charge >= 0.3 is 12.0 Å². The molecule has 4 rings (SSSR count). The number of methoxy groups -OCH3 is 1. The molecule has 1 aliphatic heterocycles. The fourth-order valence-electron chi connectivity index (χ4n) is 3.37. The summed E-state index contributed by atoms with van der Waals surface area (Å²) in [5.74, 6) is -1.55. The van der Waals surface area contributed by atoms with Crippen molar-refractivity contribution in [3.63, 3.8) is 0 Å². The first-order valence-electron chi connectivity index (χ1n) is 10.8. The molecule has 190 valence electrons. The van der Waals surface area contributed by atoms with Gasteiger partial charge in [0.05, 0.1) is 7.11 Å². The van der Waals surface area contributed by atoms with E-state index in [2.05, 4.69) is 26.6 Å². The molecular weight excluding hydrogens is 550 g/mol. The van der Waals surface area contributed by atoms with Crippen molar-refractivity contribution in [1.82, 2.24) is 10.2 Å². The molecule has 0 aliphatic carbocycles. The Hall–Kier alpha value is -4.58. The van der Waals surface area contributed by atoms with E-state index in [1.165, 1.54) is 25.3 Å². The number of nitrogens with one attached hydrogen (secondary N) is 2. The molecule has 11 nitrogen and oxygen atoms in total. The van der Waals surface area contributed by atoms with Crippen LogP contribution in [-0.4, -0.2) is 47.5 Å². The molecule has 3 N–H and O–H groups in total. The maximum absolute atomic E-state index is 12.8. The van der Waals surface area contributed by atoms with Crippen molar-refractivity contribution in [2.45, 2.75) is 6.61 Å². The van der Waals surface area contributed by atoms with Gasteiger partial charge in [-0.05, 0) is 60.2 Å². The third-order valence-corrected chi connectivity index (χ3v) is 5.66. The number of rotatable bonds is 9. The molecule has 2 aromatic carbocycles. The molecule has 2 heterocycles. The minimum Gasteiger partial charge on any atom is -0.493 e. The molecule has 0 unspecified atom stereocenters. The maximum atomic E-state index is 12.8. The highest BCUT2D eigenvalue weighted by Gasteiger charge is 2.35. The van der Waals surface area contributed by atoms with Gasteiger partial charge in [-0.3, -0.25) is 9.59 Å². The van der Waals surface area contributed by atoms with Crippen LogP contribution in [0.1, 0.15) is 21.9 Å². The average Bonchev–Trinajstić information content (AvgIpc) is 3.45. The van der Waals surface area contributed by atoms with Gasteiger partial charge in [-0.1, -0.05) is 22.0 Å². The minimum absolute atomic E-state index is 0.00560. The predicted octanol–water partition coefficient (Wildman–Crippen LogP) is 3.86. The van der Waals surface area contributed by atoms with Gasteiger partial charge in [0.2, 0.25) is 11.7 Å². The van der Waals surface area contributed by atoms with Crippen molar-refractivity contribution >= 4 is 51.5 Å². The number of imide groups is 1. The van der Waals surface area contributed by atoms with Gasteiger partial charge in [-0.15, -0.1) is 0 Å². The van der Waals surface area contributed by atoms with E-state index < -0.39 is 30.4 Å². The number of amides is 4. The number of ether oxygens (including phenoxy) is 2. The zero-order chi connectivity index (χ0) is 26.5. The maximum Gasteiger partial charge on any atom is 0.371 e. The Morgan fingerprint density at radius 1 is 1.11 bits per heavy atom. The number of anilines is 1. The van der Waals surface area contributed by atoms with Crippen LogP contribution in [0.5, 0.6) is 11.5 Å². The number of carbonyl (C=O) groups is 4. The first-order valence-corrected chi connectivity index (χ1v) is 11.6. The summed E-state index contributed by atoms with van der Waals surface area (Å²) in [6.45, 7) is -0.486. The summed E-state index contributed by atoms with van der Waals surface area (Å²) in [5, 5.41) is 14.0. The molecule has 1 fully saturated rings. The van der Waals surface area contributed by atoms with Crippen molar-refractivity contribution in [1.29, 1.82) is 0 Å². The van der Waals surface area contributed by atoms with Crippen molar-refractivity contribution < 1.29 is 38.2 Å². The molecule has 3 aromatic rings. The highest BCUT2D eigenvalue weighted by molar-refractivity contribution is 9.10. The van der Waals surface area contributed by atoms with Crippen LogP contribution >= 0.6 is 15.9 Å². The Morgan fingerprint density at radius 2 is 1.86 bits per heavy atom. The fourth-order valence-corrected chi connectivity index (χ4v) is 3.64. The van der Waals surface area contributed by atoms with Crippen LogP contribution in [0.4, 0.5) is 10.5 Å². The molecule has 37 heavy (non-hydrogen) atoms. The molecular formula is C25H20BrN3O8. The zero-order valence-corrected chi connectivity index (χ0v) is 20.9. The Bertz CT molecular complexity index is 1400. The standard InChI is InChI=1S/C25H20BrN3O8/c1-35-21-11-14(2-8-19(21)36-13-17-7-9-20(37-17)24(32)33)10-18-23(31)29(25(34)28-18)12-22(30)27-16-5-3-15(26)4-6-16/h2-11H,12-13H2,1H3,(H,27,30)(H,28,34)(H,32,33)/b18-10-. The van der Waals surface area contributed by atoms with Gasteiger partial charge in [0.25, 0.3) is 5.91 Å². The Morgan fingerprint density at radius 3 is 2.54 bits per heavy atom. The summed E-state index contributed by atoms with van der Waals surface area (Å²) in [4.78, 5) is 49.2. The number of nitrogens with zero attached hydrogens (tertiary/aromatic N) is 1. The molecule has 0 saturated carbocycles. The van der Waals surface area contributed by atoms with E-state index >= 15 is 0 Å². The molecule has 1 aromatic heterocycles. The van der Waals surface area contributed by atoms with Crippen molar-refractivity contribution in [3.05, 3.63) is 81.9 Å². The number of carbonyl (C=O) groups excluding carboxylic acids is 3. The number of halogens is 1. The van der Waals surface area contributed by atoms with Crippen LogP contribution in [-0.2, 0) is 16.2 Å². The van der Waals surface area contributed by atoms with E-state index in [-0.39, 0.29) is 18.1 Å². The molecule has 4 amide bonds. The Balaban J connectivity index is 1.41. The highest BCUT2D eigenvalue weighted by atomic mass is 79.9. The lowest BCUT2D eigenvalue weighted by atomic mass is 10.1. The number of aromatic carboxylic acids is 1. The SMILES string of the molecule is COc1cc(/C=C2\NC(=O)N(CC(=O)Nc3ccc(Br)cc3)C2=O)ccc1OCc1ccc(C(=O)O)o1. The third-order valence-electron chi connectivity index (χ3n) is 5.13. The lowest BCUT2D eigenvalue weighted by Gasteiger charge is -2.12. The van der Waals surface area contributed by atoms with Crippen LogP contribution in [0.15, 0.2) is 69.2 Å². The number of hydrogen-bond donors (Lipinski definition) is 3. The molecule has 1 saturated heterocycles. The first-order chi connectivity index (χ1) is 17.7. The largest absolute Gasteiger partial charge is 0.493 e. The second-order valence-electron chi connectivity index (χ2n) is 7.70. The quantitative estimate of drug-likeness (QED) is 0.260. The summed E-state index contributed by atoms with van der Waals surface area (Å²) in [5.41, 5.74) is 1.05. The number of benzene rings is 2. The molecule has 0 bridgehead atoms. The van der Waals surface area contributed by atoms with Crippen molar-refractivity contribution in [2.75, 3.05) is 19.0 Å². The summed E-state index contributed by atoms with van der Waals surface area (Å²) in [6.07, 6.45) is 1.45. The van der Waals surface area contributed by atoms with E-state index in [0.29, 0.717) is 28.5 Å². The second kappa shape index (κ2) is 11.0. The molecule has 0 spiro atoms. The van der Waals surface area contributed by atoms with E-state index in [9.17, 15) is 19.2 Å². The van der Waals surface area contributed by atoms with Crippen LogP contribution in [0.25, 0.3) is 6.08 Å². The monoisotopic (exact) mass is 569 g/mol. The summed E-state index contributed by atoms with van der Waals surface area (Å²) >= 11 is 3.31. The van der Waals surface area contributed by atoms with Gasteiger partial charge in [0.1, 0.15) is 24.6 Å². The van der Waals surface area contributed by atoms with Crippen molar-refractivity contribution in [3.8, 4) is 11.5 Å². The minimum atomic E-state index is -1.18. The molecule has 1 aliphatic rings. The first kappa shape index (κ1) is 25.5. The van der Waals surface area contributed by atoms with Crippen LogP contribution in [0.3, 0.4) is 0 Å². The molecule has 0 radical (unpaired) electrons. The highest BCUT2D eigenvalue weighted by Crippen LogP contribution is 2.30. The Labute approximate surface area is 218 Å². The van der Waals surface area contributed by atoms with E-state index in [1.54, 1.807) is 42.5 Å². The van der Waals surface area contributed by atoms with Crippen molar-refractivity contribution in [2.24, 2.45) is 0 Å². The topological polar surface area (TPSA) is 147 Å². The van der Waals surface area contributed by atoms with E-state index in [1.807, 2.05) is 0 Å². The van der Waals surface area contributed by atoms with E-state index in [4.69, 9.17) is 19.0 Å². The van der Waals surface area contributed by atoms with Gasteiger partial charge in [0.15, 0.2) is 11.5 Å². The van der Waals surface area contributed by atoms with Crippen LogP contribution in [0.2, 0.25) is 0 Å². The van der Waals surface area contributed by atoms with Crippen LogP contribution in [0, 0.1) is 0 Å². The average molecular weight is 570 g/mol. The number of hydrogen-bond acceptors (Lipinski definition) is 7. The number of carboxylic acid groups (broad SMARTS) is 1. The number of furan rings is 1. The zero-order valence-electron chi connectivity index (χ0n) is 19.3. The number of carboxylic acids is 1. The predicted molar refractivity (Wildman–Crippen MR) is 134 cm³/mol. The lowest BCUT2D eigenvalue weighted by Crippen LogP contribution is -2.38. The van der Waals surface area contributed by atoms with Gasteiger partial charge in [0, 0.05) is 10.2 Å².